The normalized spacial score (nSPS) is 20.3. The van der Waals surface area contributed by atoms with Crippen molar-refractivity contribution in [2.75, 3.05) is 41.0 Å². The van der Waals surface area contributed by atoms with Crippen molar-refractivity contribution >= 4 is 27.9 Å². The van der Waals surface area contributed by atoms with E-state index in [9.17, 15) is 0 Å². The molecule has 18 heavy (non-hydrogen) atoms. The fraction of sp³-hybridized carbons (Fsp3) is 0.917. The van der Waals surface area contributed by atoms with Gasteiger partial charge in [0.05, 0.1) is 0 Å². The SMILES string of the molecule is C[N-]C.C[N-]C.C[N-]SCC1CCCC1Br.[CH3-].[Zr+4]. The molecule has 0 heterocycles. The topological polar surface area (TPSA) is 42.3 Å². The van der Waals surface area contributed by atoms with Crippen LogP contribution in [-0.2, 0) is 26.2 Å². The summed E-state index contributed by atoms with van der Waals surface area (Å²) in [5, 5.41) is 7.00. The second kappa shape index (κ2) is 23.7. The zero-order valence-corrected chi connectivity index (χ0v) is 17.5. The fourth-order valence-corrected chi connectivity index (χ4v) is 3.11. The molecular formula is C12H28BrN3SZr. The van der Waals surface area contributed by atoms with Crippen LogP contribution in [0.4, 0.5) is 0 Å². The Morgan fingerprint density at radius 3 is 1.78 bits per heavy atom. The van der Waals surface area contributed by atoms with E-state index >= 15 is 0 Å². The molecule has 0 amide bonds. The van der Waals surface area contributed by atoms with E-state index < -0.39 is 0 Å². The molecule has 1 aliphatic rings. The van der Waals surface area contributed by atoms with E-state index in [0.29, 0.717) is 0 Å². The van der Waals surface area contributed by atoms with Crippen molar-refractivity contribution in [3.05, 3.63) is 22.8 Å². The molecule has 1 rings (SSSR count). The molecule has 1 saturated carbocycles. The van der Waals surface area contributed by atoms with Crippen LogP contribution in [0.5, 0.6) is 0 Å². The van der Waals surface area contributed by atoms with Gasteiger partial charge in [0.2, 0.25) is 0 Å². The van der Waals surface area contributed by atoms with Gasteiger partial charge >= 0.3 is 26.2 Å². The summed E-state index contributed by atoms with van der Waals surface area (Å²) in [5.74, 6) is 2.07. The van der Waals surface area contributed by atoms with Crippen molar-refractivity contribution < 1.29 is 26.2 Å². The molecule has 0 aromatic heterocycles. The molecule has 108 valence electrons. The molecule has 2 atom stereocenters. The smallest absolute Gasteiger partial charge is 0.668 e. The van der Waals surface area contributed by atoms with Crippen molar-refractivity contribution in [2.24, 2.45) is 5.92 Å². The van der Waals surface area contributed by atoms with Crippen LogP contribution in [0.1, 0.15) is 19.3 Å². The molecule has 3 nitrogen and oxygen atoms in total. The van der Waals surface area contributed by atoms with Crippen molar-refractivity contribution in [3.8, 4) is 0 Å². The third kappa shape index (κ3) is 19.9. The summed E-state index contributed by atoms with van der Waals surface area (Å²) in [6, 6.07) is 0. The van der Waals surface area contributed by atoms with E-state index in [2.05, 4.69) is 31.3 Å². The summed E-state index contributed by atoms with van der Waals surface area (Å²) < 4.78 is 4.03. The molecule has 0 saturated heterocycles. The largest absolute Gasteiger partial charge is 4.00 e. The quantitative estimate of drug-likeness (QED) is 0.366. The monoisotopic (exact) mass is 415 g/mol. The number of hydrogen-bond donors (Lipinski definition) is 0. The Hall–Kier alpha value is 1.59. The second-order valence-electron chi connectivity index (χ2n) is 3.58. The maximum Gasteiger partial charge on any atom is 4.00 e. The molecule has 0 aromatic carbocycles. The molecule has 0 aromatic rings. The molecule has 2 unspecified atom stereocenters. The van der Waals surface area contributed by atoms with Crippen molar-refractivity contribution in [1.82, 2.24) is 0 Å². The first kappa shape index (κ1) is 27.9. The molecule has 0 N–H and O–H groups in total. The minimum atomic E-state index is 0. The van der Waals surface area contributed by atoms with Crippen LogP contribution < -0.4 is 0 Å². The van der Waals surface area contributed by atoms with Crippen LogP contribution >= 0.6 is 27.9 Å². The molecule has 0 aliphatic heterocycles. The third-order valence-electron chi connectivity index (χ3n) is 1.98. The van der Waals surface area contributed by atoms with Crippen LogP contribution in [0.25, 0.3) is 15.4 Å². The van der Waals surface area contributed by atoms with E-state index in [1.165, 1.54) is 25.0 Å². The van der Waals surface area contributed by atoms with Gasteiger partial charge in [-0.05, 0) is 24.5 Å². The standard InChI is InChI=1S/C7H13BrNS.2C2H6N.CH3.Zr/c1-9-10-5-6-3-2-4-7(6)8;2*1-3-2;;/h6-7H,2-5H2,1H3;2*1-2H3;1H3;/q4*-1;+4. The maximum atomic E-state index is 4.03. The second-order valence-corrected chi connectivity index (χ2v) is 5.71. The first-order chi connectivity index (χ1) is 7.67. The van der Waals surface area contributed by atoms with Gasteiger partial charge in [-0.25, -0.2) is 0 Å². The van der Waals surface area contributed by atoms with Gasteiger partial charge in [0.25, 0.3) is 0 Å². The zero-order chi connectivity index (χ0) is 12.8. The molecule has 0 radical (unpaired) electrons. The Kier molecular flexibility index (Phi) is 36.6. The van der Waals surface area contributed by atoms with Gasteiger partial charge in [-0.15, -0.1) is 0 Å². The summed E-state index contributed by atoms with van der Waals surface area (Å²) in [7, 11) is 8.86. The average Bonchev–Trinajstić information content (AvgIpc) is 2.63. The van der Waals surface area contributed by atoms with E-state index in [1.54, 1.807) is 40.1 Å². The Morgan fingerprint density at radius 2 is 1.50 bits per heavy atom. The predicted octanol–water partition coefficient (Wildman–Crippen LogP) is 4.89. The van der Waals surface area contributed by atoms with Crippen LogP contribution in [-0.4, -0.2) is 45.8 Å². The van der Waals surface area contributed by atoms with Crippen LogP contribution in [0.15, 0.2) is 0 Å². The third-order valence-corrected chi connectivity index (χ3v) is 4.02. The Labute approximate surface area is 147 Å². The van der Waals surface area contributed by atoms with Crippen LogP contribution in [0.3, 0.4) is 0 Å². The van der Waals surface area contributed by atoms with E-state index in [4.69, 9.17) is 0 Å². The minimum Gasteiger partial charge on any atom is -0.668 e. The number of rotatable bonds is 3. The van der Waals surface area contributed by atoms with Crippen molar-refractivity contribution in [2.45, 2.75) is 24.1 Å². The van der Waals surface area contributed by atoms with Gasteiger partial charge in [-0.1, -0.05) is 22.4 Å². The summed E-state index contributed by atoms with van der Waals surface area (Å²) in [4.78, 5) is 0.766. The van der Waals surface area contributed by atoms with Gasteiger partial charge in [0, 0.05) is 4.83 Å². The molecule has 1 aliphatic carbocycles. The molecule has 1 fully saturated rings. The first-order valence-corrected chi connectivity index (χ1v) is 7.34. The number of alkyl halides is 1. The maximum absolute atomic E-state index is 4.03. The summed E-state index contributed by atoms with van der Waals surface area (Å²) in [6.45, 7) is 0. The van der Waals surface area contributed by atoms with Gasteiger partial charge in [0.15, 0.2) is 0 Å². The van der Waals surface area contributed by atoms with Gasteiger partial charge in [-0.2, -0.15) is 35.2 Å². The molecule has 0 bridgehead atoms. The first-order valence-electron chi connectivity index (χ1n) is 5.48. The fourth-order valence-electron chi connectivity index (χ4n) is 1.35. The zero-order valence-electron chi connectivity index (χ0n) is 12.6. The van der Waals surface area contributed by atoms with E-state index in [-0.39, 0.29) is 33.6 Å². The van der Waals surface area contributed by atoms with Gasteiger partial charge in [-0.3, -0.25) is 11.9 Å². The van der Waals surface area contributed by atoms with E-state index in [0.717, 1.165) is 10.7 Å². The Bertz CT molecular complexity index is 132. The number of halogens is 1. The Morgan fingerprint density at radius 1 is 1.06 bits per heavy atom. The predicted molar refractivity (Wildman–Crippen MR) is 88.6 cm³/mol. The van der Waals surface area contributed by atoms with Crippen molar-refractivity contribution in [1.29, 1.82) is 0 Å². The Balaban J connectivity index is -0.000000106. The van der Waals surface area contributed by atoms with Crippen LogP contribution in [0, 0.1) is 13.3 Å². The summed E-state index contributed by atoms with van der Waals surface area (Å²) in [5.41, 5.74) is 0. The summed E-state index contributed by atoms with van der Waals surface area (Å²) in [6.07, 6.45) is 4.14. The van der Waals surface area contributed by atoms with Crippen molar-refractivity contribution in [3.63, 3.8) is 0 Å². The van der Waals surface area contributed by atoms with Gasteiger partial charge < -0.3 is 22.8 Å². The van der Waals surface area contributed by atoms with Gasteiger partial charge in [0.1, 0.15) is 0 Å². The number of hydrogen-bond acceptors (Lipinski definition) is 1. The average molecular weight is 418 g/mol. The molecule has 6 heteroatoms. The van der Waals surface area contributed by atoms with Crippen LogP contribution in [0.2, 0.25) is 0 Å². The summed E-state index contributed by atoms with van der Waals surface area (Å²) >= 11 is 5.38. The van der Waals surface area contributed by atoms with E-state index in [1.807, 2.05) is 7.05 Å². The molecular weight excluding hydrogens is 389 g/mol. The number of nitrogens with zero attached hydrogens (tertiary/aromatic N) is 3. The minimum absolute atomic E-state index is 0. The molecule has 0 spiro atoms.